The van der Waals surface area contributed by atoms with Crippen LogP contribution in [0.25, 0.3) is 0 Å². The highest BCUT2D eigenvalue weighted by molar-refractivity contribution is 5.31. The van der Waals surface area contributed by atoms with Crippen LogP contribution in [0.1, 0.15) is 33.6 Å². The van der Waals surface area contributed by atoms with Gasteiger partial charge in [0.05, 0.1) is 0 Å². The van der Waals surface area contributed by atoms with Crippen molar-refractivity contribution >= 4 is 0 Å². The summed E-state index contributed by atoms with van der Waals surface area (Å²) in [5.41, 5.74) is 2.97. The van der Waals surface area contributed by atoms with E-state index in [0.29, 0.717) is 0 Å². The summed E-state index contributed by atoms with van der Waals surface area (Å²) in [6.45, 7) is 6.45. The first-order valence-corrected chi connectivity index (χ1v) is 4.78. The van der Waals surface area contributed by atoms with Crippen LogP contribution in [-0.2, 0) is 0 Å². The summed E-state index contributed by atoms with van der Waals surface area (Å²) >= 11 is 0. The summed E-state index contributed by atoms with van der Waals surface area (Å²) in [6.07, 6.45) is 11.4. The lowest BCUT2D eigenvalue weighted by Crippen LogP contribution is -1.75. The zero-order valence-electron chi connectivity index (χ0n) is 8.30. The third kappa shape index (κ3) is 2.69. The SMILES string of the molecule is CC=C(C)C=CCC1=CC1CC. The van der Waals surface area contributed by atoms with Crippen molar-refractivity contribution in [2.24, 2.45) is 5.92 Å². The van der Waals surface area contributed by atoms with E-state index in [-0.39, 0.29) is 0 Å². The van der Waals surface area contributed by atoms with Crippen LogP contribution in [0.2, 0.25) is 0 Å². The van der Waals surface area contributed by atoms with Crippen molar-refractivity contribution in [3.8, 4) is 0 Å². The Hall–Kier alpha value is -0.780. The van der Waals surface area contributed by atoms with Crippen LogP contribution in [0.4, 0.5) is 0 Å². The van der Waals surface area contributed by atoms with Crippen molar-refractivity contribution < 1.29 is 0 Å². The largest absolute Gasteiger partial charge is 0.0847 e. The normalized spacial score (nSPS) is 23.1. The lowest BCUT2D eigenvalue weighted by atomic mass is 10.1. The van der Waals surface area contributed by atoms with Gasteiger partial charge in [-0.2, -0.15) is 0 Å². The average Bonchev–Trinajstić information content (AvgIpc) is 2.83. The van der Waals surface area contributed by atoms with E-state index in [1.54, 1.807) is 5.57 Å². The third-order valence-corrected chi connectivity index (χ3v) is 2.41. The third-order valence-electron chi connectivity index (χ3n) is 2.41. The van der Waals surface area contributed by atoms with Crippen LogP contribution in [-0.4, -0.2) is 0 Å². The smallest absolute Gasteiger partial charge is 0.00196 e. The first-order valence-electron chi connectivity index (χ1n) is 4.78. The highest BCUT2D eigenvalue weighted by atomic mass is 14.2. The molecule has 12 heavy (non-hydrogen) atoms. The summed E-state index contributed by atoms with van der Waals surface area (Å²) in [5, 5.41) is 0. The molecule has 0 N–H and O–H groups in total. The van der Waals surface area contributed by atoms with Gasteiger partial charge in [-0.25, -0.2) is 0 Å². The maximum Gasteiger partial charge on any atom is -0.00196 e. The Morgan fingerprint density at radius 2 is 2.33 bits per heavy atom. The minimum Gasteiger partial charge on any atom is -0.0847 e. The van der Waals surface area contributed by atoms with Gasteiger partial charge >= 0.3 is 0 Å². The standard InChI is InChI=1S/C12H18/c1-4-10(3)7-6-8-12-9-11(12)5-2/h4,6-7,9,11H,5,8H2,1-3H3. The molecule has 0 heterocycles. The molecule has 0 aromatic carbocycles. The zero-order chi connectivity index (χ0) is 8.97. The van der Waals surface area contributed by atoms with Crippen LogP contribution >= 0.6 is 0 Å². The minimum absolute atomic E-state index is 0.834. The van der Waals surface area contributed by atoms with E-state index in [4.69, 9.17) is 0 Å². The van der Waals surface area contributed by atoms with Gasteiger partial charge in [-0.15, -0.1) is 0 Å². The van der Waals surface area contributed by atoms with Gasteiger partial charge in [0.25, 0.3) is 0 Å². The van der Waals surface area contributed by atoms with E-state index in [1.165, 1.54) is 12.0 Å². The maximum absolute atomic E-state index is 2.37. The molecule has 0 bridgehead atoms. The van der Waals surface area contributed by atoms with Crippen LogP contribution in [0.5, 0.6) is 0 Å². The molecule has 0 nitrogen and oxygen atoms in total. The van der Waals surface area contributed by atoms with Crippen molar-refractivity contribution in [2.75, 3.05) is 0 Å². The van der Waals surface area contributed by atoms with Gasteiger partial charge < -0.3 is 0 Å². The van der Waals surface area contributed by atoms with E-state index < -0.39 is 0 Å². The Kier molecular flexibility index (Phi) is 3.33. The van der Waals surface area contributed by atoms with Gasteiger partial charge in [-0.05, 0) is 32.6 Å². The molecule has 66 valence electrons. The molecule has 1 aliphatic carbocycles. The quantitative estimate of drug-likeness (QED) is 0.435. The monoisotopic (exact) mass is 162 g/mol. The fraction of sp³-hybridized carbons (Fsp3) is 0.500. The van der Waals surface area contributed by atoms with E-state index in [1.807, 2.05) is 0 Å². The fourth-order valence-corrected chi connectivity index (χ4v) is 1.29. The molecular formula is C12H18. The minimum atomic E-state index is 0.834. The Morgan fingerprint density at radius 1 is 1.58 bits per heavy atom. The highest BCUT2D eigenvalue weighted by Crippen LogP contribution is 2.34. The lowest BCUT2D eigenvalue weighted by Gasteiger charge is -1.91. The van der Waals surface area contributed by atoms with Crippen LogP contribution < -0.4 is 0 Å². The molecule has 0 heteroatoms. The molecule has 1 rings (SSSR count). The molecule has 1 unspecified atom stereocenters. The van der Waals surface area contributed by atoms with E-state index in [0.717, 1.165) is 12.3 Å². The summed E-state index contributed by atoms with van der Waals surface area (Å²) in [5.74, 6) is 0.834. The summed E-state index contributed by atoms with van der Waals surface area (Å²) in [4.78, 5) is 0. The second-order valence-corrected chi connectivity index (χ2v) is 3.40. The highest BCUT2D eigenvalue weighted by Gasteiger charge is 2.19. The number of rotatable bonds is 4. The molecule has 0 aromatic heterocycles. The van der Waals surface area contributed by atoms with Gasteiger partial charge in [-0.1, -0.05) is 42.4 Å². The first kappa shape index (κ1) is 9.31. The predicted molar refractivity (Wildman–Crippen MR) is 55.1 cm³/mol. The molecule has 0 amide bonds. The van der Waals surface area contributed by atoms with Gasteiger partial charge in [0.2, 0.25) is 0 Å². The molecule has 0 aliphatic heterocycles. The average molecular weight is 162 g/mol. The van der Waals surface area contributed by atoms with Gasteiger partial charge in [0, 0.05) is 0 Å². The lowest BCUT2D eigenvalue weighted by molar-refractivity contribution is 0.824. The van der Waals surface area contributed by atoms with Crippen LogP contribution in [0.3, 0.4) is 0 Å². The fourth-order valence-electron chi connectivity index (χ4n) is 1.29. The molecule has 0 saturated carbocycles. The van der Waals surface area contributed by atoms with Crippen molar-refractivity contribution in [1.82, 2.24) is 0 Å². The van der Waals surface area contributed by atoms with Crippen molar-refractivity contribution in [3.05, 3.63) is 35.5 Å². The number of hydrogen-bond donors (Lipinski definition) is 0. The van der Waals surface area contributed by atoms with Crippen molar-refractivity contribution in [3.63, 3.8) is 0 Å². The topological polar surface area (TPSA) is 0 Å². The molecule has 0 saturated heterocycles. The van der Waals surface area contributed by atoms with Crippen LogP contribution in [0.15, 0.2) is 35.5 Å². The Morgan fingerprint density at radius 3 is 2.83 bits per heavy atom. The molecule has 0 radical (unpaired) electrons. The molecule has 0 aromatic rings. The van der Waals surface area contributed by atoms with Gasteiger partial charge in [-0.3, -0.25) is 0 Å². The predicted octanol–water partition coefficient (Wildman–Crippen LogP) is 3.87. The molecule has 1 aliphatic rings. The van der Waals surface area contributed by atoms with E-state index >= 15 is 0 Å². The van der Waals surface area contributed by atoms with Crippen LogP contribution in [0, 0.1) is 5.92 Å². The Labute approximate surface area is 75.7 Å². The summed E-state index contributed by atoms with van der Waals surface area (Å²) < 4.78 is 0. The maximum atomic E-state index is 2.37. The van der Waals surface area contributed by atoms with Gasteiger partial charge in [0.15, 0.2) is 0 Å². The van der Waals surface area contributed by atoms with Crippen molar-refractivity contribution in [2.45, 2.75) is 33.6 Å². The zero-order valence-corrected chi connectivity index (χ0v) is 8.30. The molecular weight excluding hydrogens is 144 g/mol. The Balaban J connectivity index is 2.19. The second-order valence-electron chi connectivity index (χ2n) is 3.40. The van der Waals surface area contributed by atoms with E-state index in [2.05, 4.69) is 45.1 Å². The summed E-state index contributed by atoms with van der Waals surface area (Å²) in [7, 11) is 0. The molecule has 0 spiro atoms. The molecule has 1 atom stereocenters. The van der Waals surface area contributed by atoms with E-state index in [9.17, 15) is 0 Å². The number of allylic oxidation sites excluding steroid dienone is 6. The Bertz CT molecular complexity index is 228. The van der Waals surface area contributed by atoms with Gasteiger partial charge in [0.1, 0.15) is 0 Å². The second kappa shape index (κ2) is 4.30. The number of hydrogen-bond acceptors (Lipinski definition) is 0. The summed E-state index contributed by atoms with van der Waals surface area (Å²) in [6, 6.07) is 0. The first-order chi connectivity index (χ1) is 5.77. The van der Waals surface area contributed by atoms with Crippen molar-refractivity contribution in [1.29, 1.82) is 0 Å². The molecule has 0 fully saturated rings.